The van der Waals surface area contributed by atoms with Crippen LogP contribution in [0.25, 0.3) is 0 Å². The van der Waals surface area contributed by atoms with Crippen LogP contribution in [0.15, 0.2) is 0 Å². The van der Waals surface area contributed by atoms with E-state index in [1.54, 1.807) is 0 Å². The molecule has 1 aliphatic rings. The lowest BCUT2D eigenvalue weighted by molar-refractivity contribution is -0.917. The second-order valence-electron chi connectivity index (χ2n) is 4.78. The maximum absolute atomic E-state index is 2.43. The highest BCUT2D eigenvalue weighted by molar-refractivity contribution is 4.69. The van der Waals surface area contributed by atoms with Gasteiger partial charge in [-0.3, -0.25) is 0 Å². The Morgan fingerprint density at radius 1 is 1.33 bits per heavy atom. The largest absolute Gasteiger partial charge is 0.326 e. The topological polar surface area (TPSA) is 0 Å². The van der Waals surface area contributed by atoms with Gasteiger partial charge in [-0.2, -0.15) is 0 Å². The van der Waals surface area contributed by atoms with Crippen LogP contribution < -0.4 is 0 Å². The van der Waals surface area contributed by atoms with Crippen LogP contribution in [0.5, 0.6) is 0 Å². The van der Waals surface area contributed by atoms with Gasteiger partial charge >= 0.3 is 0 Å². The van der Waals surface area contributed by atoms with Crippen molar-refractivity contribution in [1.82, 2.24) is 0 Å². The summed E-state index contributed by atoms with van der Waals surface area (Å²) >= 11 is 0. The van der Waals surface area contributed by atoms with Gasteiger partial charge < -0.3 is 4.48 Å². The number of nitrogens with zero attached hydrogens (tertiary/aromatic N) is 1. The van der Waals surface area contributed by atoms with Gasteiger partial charge in [-0.05, 0) is 19.3 Å². The molecule has 0 spiro atoms. The Morgan fingerprint density at radius 3 is 2.42 bits per heavy atom. The van der Waals surface area contributed by atoms with E-state index in [2.05, 4.69) is 27.8 Å². The van der Waals surface area contributed by atoms with Crippen molar-refractivity contribution >= 4 is 0 Å². The summed E-state index contributed by atoms with van der Waals surface area (Å²) in [5.74, 6) is 1.94. The minimum atomic E-state index is 0.939. The van der Waals surface area contributed by atoms with Crippen LogP contribution in [0.1, 0.15) is 33.6 Å². The van der Waals surface area contributed by atoms with Gasteiger partial charge in [-0.15, -0.1) is 0 Å². The van der Waals surface area contributed by atoms with Gasteiger partial charge in [0, 0.05) is 5.92 Å². The van der Waals surface area contributed by atoms with Crippen LogP contribution in [-0.4, -0.2) is 31.2 Å². The number of hydrogen-bond acceptors (Lipinski definition) is 0. The van der Waals surface area contributed by atoms with Crippen molar-refractivity contribution in [3.63, 3.8) is 0 Å². The fraction of sp³-hybridized carbons (Fsp3) is 1.00. The van der Waals surface area contributed by atoms with Crippen molar-refractivity contribution in [3.8, 4) is 0 Å². The molecule has 1 rings (SSSR count). The van der Waals surface area contributed by atoms with Crippen LogP contribution >= 0.6 is 0 Å². The van der Waals surface area contributed by atoms with E-state index in [-0.39, 0.29) is 0 Å². The maximum atomic E-state index is 2.43. The third kappa shape index (κ3) is 2.01. The molecule has 12 heavy (non-hydrogen) atoms. The number of hydrogen-bond donors (Lipinski definition) is 0. The fourth-order valence-electron chi connectivity index (χ4n) is 2.59. The summed E-state index contributed by atoms with van der Waals surface area (Å²) in [5, 5.41) is 0. The average Bonchev–Trinajstić information content (AvgIpc) is 2.05. The van der Waals surface area contributed by atoms with Crippen molar-refractivity contribution in [2.24, 2.45) is 11.8 Å². The van der Waals surface area contributed by atoms with Gasteiger partial charge in [0.15, 0.2) is 0 Å². The zero-order chi connectivity index (χ0) is 9.19. The summed E-state index contributed by atoms with van der Waals surface area (Å²) in [6.07, 6.45) is 2.83. The third-order valence-electron chi connectivity index (χ3n) is 3.86. The minimum absolute atomic E-state index is 0.939. The monoisotopic (exact) mass is 170 g/mol. The highest BCUT2D eigenvalue weighted by Crippen LogP contribution is 2.28. The molecule has 0 aromatic rings. The molecule has 1 aliphatic heterocycles. The van der Waals surface area contributed by atoms with Crippen LogP contribution in [-0.2, 0) is 0 Å². The highest BCUT2D eigenvalue weighted by atomic mass is 15.3. The second-order valence-corrected chi connectivity index (χ2v) is 4.78. The maximum Gasteiger partial charge on any atom is 0.0813 e. The molecule has 72 valence electrons. The van der Waals surface area contributed by atoms with E-state index in [1.165, 1.54) is 37.0 Å². The molecule has 0 amide bonds. The van der Waals surface area contributed by atoms with E-state index in [4.69, 9.17) is 0 Å². The Hall–Kier alpha value is -0.0400. The van der Waals surface area contributed by atoms with E-state index >= 15 is 0 Å². The standard InChI is InChI=1S/C11H24N/c1-5-11-7-8-12(4,6-2)9-10(11)3/h10-11H,5-9H2,1-4H3/q+1. The normalized spacial score (nSPS) is 43.0. The zero-order valence-electron chi connectivity index (χ0n) is 9.14. The molecule has 0 saturated carbocycles. The van der Waals surface area contributed by atoms with E-state index in [0.29, 0.717) is 0 Å². The molecular weight excluding hydrogens is 146 g/mol. The van der Waals surface area contributed by atoms with Crippen molar-refractivity contribution < 1.29 is 4.48 Å². The Labute approximate surface area is 77.4 Å². The Balaban J connectivity index is 2.51. The fourth-order valence-corrected chi connectivity index (χ4v) is 2.59. The van der Waals surface area contributed by atoms with Gasteiger partial charge in [0.25, 0.3) is 0 Å². The van der Waals surface area contributed by atoms with E-state index in [1.807, 2.05) is 0 Å². The summed E-state index contributed by atoms with van der Waals surface area (Å²) < 4.78 is 1.30. The molecule has 0 aromatic carbocycles. The molecule has 3 unspecified atom stereocenters. The van der Waals surface area contributed by atoms with Gasteiger partial charge in [0.05, 0.1) is 26.7 Å². The second kappa shape index (κ2) is 3.78. The first-order chi connectivity index (χ1) is 5.61. The van der Waals surface area contributed by atoms with Crippen molar-refractivity contribution in [3.05, 3.63) is 0 Å². The molecule has 0 aromatic heterocycles. The van der Waals surface area contributed by atoms with Crippen LogP contribution in [0.3, 0.4) is 0 Å². The van der Waals surface area contributed by atoms with Crippen molar-refractivity contribution in [2.45, 2.75) is 33.6 Å². The average molecular weight is 170 g/mol. The molecule has 1 heterocycles. The third-order valence-corrected chi connectivity index (χ3v) is 3.86. The first-order valence-electron chi connectivity index (χ1n) is 5.45. The SMILES string of the molecule is CCC1CC[N+](C)(CC)CC1C. The molecule has 0 N–H and O–H groups in total. The Morgan fingerprint density at radius 2 is 2.00 bits per heavy atom. The summed E-state index contributed by atoms with van der Waals surface area (Å²) in [7, 11) is 2.41. The number of piperidine rings is 1. The highest BCUT2D eigenvalue weighted by Gasteiger charge is 2.32. The quantitative estimate of drug-likeness (QED) is 0.559. The predicted molar refractivity (Wildman–Crippen MR) is 54.0 cm³/mol. The molecule has 1 nitrogen and oxygen atoms in total. The van der Waals surface area contributed by atoms with Crippen molar-refractivity contribution in [2.75, 3.05) is 26.7 Å². The molecule has 0 radical (unpaired) electrons. The number of likely N-dealkylation sites (tertiary alicyclic amines) is 1. The first-order valence-corrected chi connectivity index (χ1v) is 5.45. The zero-order valence-corrected chi connectivity index (χ0v) is 9.14. The van der Waals surface area contributed by atoms with Crippen LogP contribution in [0.4, 0.5) is 0 Å². The van der Waals surface area contributed by atoms with Crippen LogP contribution in [0, 0.1) is 11.8 Å². The van der Waals surface area contributed by atoms with Crippen LogP contribution in [0.2, 0.25) is 0 Å². The lowest BCUT2D eigenvalue weighted by Crippen LogP contribution is -2.52. The summed E-state index contributed by atoms with van der Waals surface area (Å²) in [4.78, 5) is 0. The van der Waals surface area contributed by atoms with Gasteiger partial charge in [-0.25, -0.2) is 0 Å². The van der Waals surface area contributed by atoms with E-state index < -0.39 is 0 Å². The predicted octanol–water partition coefficient (Wildman–Crippen LogP) is 2.52. The molecule has 0 aliphatic carbocycles. The van der Waals surface area contributed by atoms with E-state index in [0.717, 1.165) is 11.8 Å². The van der Waals surface area contributed by atoms with Gasteiger partial charge in [-0.1, -0.05) is 20.3 Å². The molecular formula is C11H24N+. The molecule has 0 bridgehead atoms. The van der Waals surface area contributed by atoms with Gasteiger partial charge in [0.1, 0.15) is 0 Å². The summed E-state index contributed by atoms with van der Waals surface area (Å²) in [5.41, 5.74) is 0. The van der Waals surface area contributed by atoms with Gasteiger partial charge in [0.2, 0.25) is 0 Å². The number of rotatable bonds is 2. The molecule has 1 saturated heterocycles. The summed E-state index contributed by atoms with van der Waals surface area (Å²) in [6, 6.07) is 0. The lowest BCUT2D eigenvalue weighted by atomic mass is 9.84. The Bertz CT molecular complexity index is 144. The number of quaternary nitrogens is 1. The minimum Gasteiger partial charge on any atom is -0.326 e. The Kier molecular flexibility index (Phi) is 3.16. The van der Waals surface area contributed by atoms with E-state index in [9.17, 15) is 0 Å². The molecule has 1 heteroatoms. The molecule has 1 fully saturated rings. The molecule has 3 atom stereocenters. The smallest absolute Gasteiger partial charge is 0.0813 e. The summed E-state index contributed by atoms with van der Waals surface area (Å²) in [6.45, 7) is 11.2. The van der Waals surface area contributed by atoms with Crippen molar-refractivity contribution in [1.29, 1.82) is 0 Å². The first kappa shape index (κ1) is 10.0. The lowest BCUT2D eigenvalue weighted by Gasteiger charge is -2.43.